The van der Waals surface area contributed by atoms with Gasteiger partial charge >= 0.3 is 0 Å². The normalized spacial score (nSPS) is 17.5. The van der Waals surface area contributed by atoms with Crippen LogP contribution in [0.25, 0.3) is 0 Å². The predicted octanol–water partition coefficient (Wildman–Crippen LogP) is 1.53. The highest BCUT2D eigenvalue weighted by atomic mass is 19.1. The molecule has 0 saturated carbocycles. The zero-order chi connectivity index (χ0) is 23.7. The molecule has 9 nitrogen and oxygen atoms in total. The molecule has 4 rings (SSSR count). The first-order chi connectivity index (χ1) is 15.8. The van der Waals surface area contributed by atoms with Crippen molar-refractivity contribution in [3.05, 3.63) is 58.4 Å². The van der Waals surface area contributed by atoms with Gasteiger partial charge in [0.25, 0.3) is 11.8 Å². The summed E-state index contributed by atoms with van der Waals surface area (Å²) >= 11 is 0. The highest BCUT2D eigenvalue weighted by molar-refractivity contribution is 6.05. The summed E-state index contributed by atoms with van der Waals surface area (Å²) in [5.41, 5.74) is 0.865. The number of imide groups is 1. The number of carbonyl (C=O) groups is 4. The van der Waals surface area contributed by atoms with Crippen molar-refractivity contribution in [2.75, 3.05) is 14.2 Å². The fraction of sp³-hybridized carbons (Fsp3) is 0.304. The van der Waals surface area contributed by atoms with E-state index >= 15 is 4.39 Å². The number of ether oxygens (including phenoxy) is 2. The standard InChI is InChI=1S/C23H22FN3O6/c1-32-17-7-4-12(9-18(17)33-2)21(29)25-10-13-3-5-14-15(20(13)24)11-27(23(14)31)16-6-8-19(28)26-22(16)30/h3-5,7,9,16H,6,8,10-11H2,1-2H3,(H,25,29)(H,26,28,30). The lowest BCUT2D eigenvalue weighted by Gasteiger charge is -2.29. The van der Waals surface area contributed by atoms with Crippen LogP contribution in [0, 0.1) is 5.82 Å². The molecule has 0 spiro atoms. The molecule has 2 aromatic rings. The molecular formula is C23H22FN3O6. The lowest BCUT2D eigenvalue weighted by Crippen LogP contribution is -2.52. The maximum absolute atomic E-state index is 15.2. The van der Waals surface area contributed by atoms with Gasteiger partial charge in [-0.15, -0.1) is 0 Å². The van der Waals surface area contributed by atoms with Gasteiger partial charge in [-0.25, -0.2) is 4.39 Å². The molecule has 0 aliphatic carbocycles. The number of piperidine rings is 1. The van der Waals surface area contributed by atoms with Gasteiger partial charge in [0.1, 0.15) is 11.9 Å². The molecule has 1 saturated heterocycles. The van der Waals surface area contributed by atoms with Crippen molar-refractivity contribution in [1.29, 1.82) is 0 Å². The molecule has 2 aliphatic heterocycles. The monoisotopic (exact) mass is 455 g/mol. The van der Waals surface area contributed by atoms with Crippen molar-refractivity contribution in [2.24, 2.45) is 0 Å². The third-order valence-corrected chi connectivity index (χ3v) is 5.81. The number of carbonyl (C=O) groups excluding carboxylic acids is 4. The summed E-state index contributed by atoms with van der Waals surface area (Å²) in [4.78, 5) is 50.1. The van der Waals surface area contributed by atoms with E-state index in [-0.39, 0.29) is 48.5 Å². The zero-order valence-electron chi connectivity index (χ0n) is 18.1. The van der Waals surface area contributed by atoms with Crippen molar-refractivity contribution in [1.82, 2.24) is 15.5 Å². The molecule has 10 heteroatoms. The Bertz CT molecular complexity index is 1170. The van der Waals surface area contributed by atoms with Crippen molar-refractivity contribution < 1.29 is 33.0 Å². The second-order valence-corrected chi connectivity index (χ2v) is 7.72. The number of fused-ring (bicyclic) bond motifs is 1. The number of hydrogen-bond donors (Lipinski definition) is 2. The van der Waals surface area contributed by atoms with Gasteiger partial charge in [-0.2, -0.15) is 0 Å². The largest absolute Gasteiger partial charge is 0.493 e. The summed E-state index contributed by atoms with van der Waals surface area (Å²) in [6, 6.07) is 6.78. The van der Waals surface area contributed by atoms with Crippen molar-refractivity contribution in [2.45, 2.75) is 32.0 Å². The Morgan fingerprint density at radius 3 is 2.61 bits per heavy atom. The van der Waals surface area contributed by atoms with E-state index in [2.05, 4.69) is 10.6 Å². The number of hydrogen-bond acceptors (Lipinski definition) is 6. The SMILES string of the molecule is COc1ccc(C(=O)NCc2ccc3c(c2F)CN(C2CCC(=O)NC2=O)C3=O)cc1OC. The molecule has 172 valence electrons. The Morgan fingerprint density at radius 1 is 1.15 bits per heavy atom. The summed E-state index contributed by atoms with van der Waals surface area (Å²) in [5, 5.41) is 4.87. The van der Waals surface area contributed by atoms with Gasteiger partial charge in [0.05, 0.1) is 20.8 Å². The molecule has 0 aromatic heterocycles. The minimum absolute atomic E-state index is 0.0796. The van der Waals surface area contributed by atoms with Crippen LogP contribution in [0.4, 0.5) is 4.39 Å². The fourth-order valence-corrected chi connectivity index (χ4v) is 4.04. The molecule has 0 bridgehead atoms. The number of rotatable bonds is 6. The lowest BCUT2D eigenvalue weighted by atomic mass is 10.0. The second-order valence-electron chi connectivity index (χ2n) is 7.72. The maximum atomic E-state index is 15.2. The van der Waals surface area contributed by atoms with E-state index in [9.17, 15) is 19.2 Å². The Kier molecular flexibility index (Phi) is 5.99. The number of amides is 4. The molecule has 0 radical (unpaired) electrons. The van der Waals surface area contributed by atoms with Gasteiger partial charge in [0.15, 0.2) is 11.5 Å². The van der Waals surface area contributed by atoms with Crippen LogP contribution in [0.1, 0.15) is 44.7 Å². The maximum Gasteiger partial charge on any atom is 0.255 e. The van der Waals surface area contributed by atoms with Gasteiger partial charge in [-0.1, -0.05) is 6.07 Å². The Morgan fingerprint density at radius 2 is 1.91 bits per heavy atom. The van der Waals surface area contributed by atoms with Crippen molar-refractivity contribution in [3.8, 4) is 11.5 Å². The molecule has 2 heterocycles. The molecule has 4 amide bonds. The summed E-state index contributed by atoms with van der Waals surface area (Å²) < 4.78 is 25.5. The number of benzene rings is 2. The molecular weight excluding hydrogens is 433 g/mol. The number of nitrogens with zero attached hydrogens (tertiary/aromatic N) is 1. The summed E-state index contributed by atoms with van der Waals surface area (Å²) in [6.07, 6.45) is 0.312. The molecule has 2 N–H and O–H groups in total. The summed E-state index contributed by atoms with van der Waals surface area (Å²) in [5.74, 6) is -1.58. The summed E-state index contributed by atoms with van der Waals surface area (Å²) in [7, 11) is 2.94. The molecule has 1 fully saturated rings. The number of halogens is 1. The van der Waals surface area contributed by atoms with Crippen LogP contribution in [0.15, 0.2) is 30.3 Å². The van der Waals surface area contributed by atoms with E-state index in [1.807, 2.05) is 0 Å². The second kappa shape index (κ2) is 8.89. The lowest BCUT2D eigenvalue weighted by molar-refractivity contribution is -0.136. The highest BCUT2D eigenvalue weighted by Crippen LogP contribution is 2.31. The molecule has 2 aliphatic rings. The minimum Gasteiger partial charge on any atom is -0.493 e. The van der Waals surface area contributed by atoms with Crippen LogP contribution in [-0.2, 0) is 22.7 Å². The smallest absolute Gasteiger partial charge is 0.255 e. The van der Waals surface area contributed by atoms with E-state index in [0.29, 0.717) is 17.1 Å². The van der Waals surface area contributed by atoms with Gasteiger partial charge in [-0.3, -0.25) is 24.5 Å². The highest BCUT2D eigenvalue weighted by Gasteiger charge is 2.40. The van der Waals surface area contributed by atoms with Crippen LogP contribution in [-0.4, -0.2) is 48.8 Å². The Hall–Kier alpha value is -3.95. The molecule has 1 unspecified atom stereocenters. The summed E-state index contributed by atoms with van der Waals surface area (Å²) in [6.45, 7) is -0.178. The van der Waals surface area contributed by atoms with Gasteiger partial charge in [0, 0.05) is 35.2 Å². The van der Waals surface area contributed by atoms with E-state index < -0.39 is 29.6 Å². The number of nitrogens with one attached hydrogen (secondary N) is 2. The topological polar surface area (TPSA) is 114 Å². The van der Waals surface area contributed by atoms with Crippen LogP contribution in [0.5, 0.6) is 11.5 Å². The van der Waals surface area contributed by atoms with Crippen LogP contribution in [0.3, 0.4) is 0 Å². The molecule has 2 aromatic carbocycles. The minimum atomic E-state index is -0.824. The first-order valence-corrected chi connectivity index (χ1v) is 10.3. The third-order valence-electron chi connectivity index (χ3n) is 5.81. The van der Waals surface area contributed by atoms with Crippen LogP contribution < -0.4 is 20.1 Å². The predicted molar refractivity (Wildman–Crippen MR) is 113 cm³/mol. The van der Waals surface area contributed by atoms with E-state index in [1.165, 1.54) is 37.3 Å². The zero-order valence-corrected chi connectivity index (χ0v) is 18.1. The number of methoxy groups -OCH3 is 2. The average molecular weight is 455 g/mol. The van der Waals surface area contributed by atoms with Crippen molar-refractivity contribution >= 4 is 23.6 Å². The first kappa shape index (κ1) is 22.3. The van der Waals surface area contributed by atoms with Crippen molar-refractivity contribution in [3.63, 3.8) is 0 Å². The Balaban J connectivity index is 1.48. The molecule has 33 heavy (non-hydrogen) atoms. The van der Waals surface area contributed by atoms with Gasteiger partial charge in [-0.05, 0) is 30.7 Å². The van der Waals surface area contributed by atoms with E-state index in [0.717, 1.165) is 0 Å². The van der Waals surface area contributed by atoms with E-state index in [4.69, 9.17) is 9.47 Å². The van der Waals surface area contributed by atoms with Gasteiger partial charge in [0.2, 0.25) is 11.8 Å². The average Bonchev–Trinajstić information content (AvgIpc) is 3.14. The third kappa shape index (κ3) is 4.11. The molecule has 1 atom stereocenters. The van der Waals surface area contributed by atoms with E-state index in [1.54, 1.807) is 12.1 Å². The quantitative estimate of drug-likeness (QED) is 0.639. The van der Waals surface area contributed by atoms with Gasteiger partial charge < -0.3 is 19.7 Å². The first-order valence-electron chi connectivity index (χ1n) is 10.3. The fourth-order valence-electron chi connectivity index (χ4n) is 4.04. The van der Waals surface area contributed by atoms with Crippen LogP contribution >= 0.6 is 0 Å². The Labute approximate surface area is 188 Å². The van der Waals surface area contributed by atoms with Crippen LogP contribution in [0.2, 0.25) is 0 Å².